The Balaban J connectivity index is 1.72. The summed E-state index contributed by atoms with van der Waals surface area (Å²) < 4.78 is 3.50. The number of hydrogen-bond acceptors (Lipinski definition) is 9. The van der Waals surface area contributed by atoms with E-state index in [1.54, 1.807) is 9.36 Å². The highest BCUT2D eigenvalue weighted by Gasteiger charge is 2.20. The van der Waals surface area contributed by atoms with E-state index < -0.39 is 0 Å². The molecule has 0 spiro atoms. The average molecular weight is 440 g/mol. The summed E-state index contributed by atoms with van der Waals surface area (Å²) in [7, 11) is 1.83. The van der Waals surface area contributed by atoms with E-state index in [1.165, 1.54) is 6.42 Å². The minimum absolute atomic E-state index is 0.114. The summed E-state index contributed by atoms with van der Waals surface area (Å²) in [6, 6.07) is 9.45. The lowest BCUT2D eigenvalue weighted by atomic mass is 10.1. The van der Waals surface area contributed by atoms with Gasteiger partial charge in [0, 0.05) is 20.1 Å². The minimum Gasteiger partial charge on any atom is -0.380 e. The molecule has 1 saturated heterocycles. The first-order valence-corrected chi connectivity index (χ1v) is 10.5. The lowest BCUT2D eigenvalue weighted by molar-refractivity contribution is 0.574. The first-order valence-electron chi connectivity index (χ1n) is 10.1. The molecule has 0 unspecified atom stereocenters. The molecular weight excluding hydrogens is 414 g/mol. The van der Waals surface area contributed by atoms with Gasteiger partial charge in [-0.05, 0) is 50.5 Å². The molecular formula is C20H25N9OS. The van der Waals surface area contributed by atoms with Crippen molar-refractivity contribution in [1.29, 1.82) is 0 Å². The van der Waals surface area contributed by atoms with E-state index in [-0.39, 0.29) is 16.1 Å². The van der Waals surface area contributed by atoms with Gasteiger partial charge in [0.1, 0.15) is 11.4 Å². The second-order valence-electron chi connectivity index (χ2n) is 7.41. The summed E-state index contributed by atoms with van der Waals surface area (Å²) in [5, 5.41) is 7.84. The number of aromatic nitrogens is 5. The highest BCUT2D eigenvalue weighted by atomic mass is 32.1. The van der Waals surface area contributed by atoms with Crippen molar-refractivity contribution in [3.05, 3.63) is 51.2 Å². The molecule has 0 aliphatic carbocycles. The lowest BCUT2D eigenvalue weighted by Gasteiger charge is -2.28. The summed E-state index contributed by atoms with van der Waals surface area (Å²) in [4.78, 5) is 19.7. The molecule has 4 rings (SSSR count). The number of hydrogen-bond donors (Lipinski definition) is 3. The van der Waals surface area contributed by atoms with Crippen LogP contribution in [0, 0.1) is 11.7 Å². The Kier molecular flexibility index (Phi) is 5.85. The van der Waals surface area contributed by atoms with Crippen LogP contribution in [-0.2, 0) is 7.05 Å². The van der Waals surface area contributed by atoms with Gasteiger partial charge in [-0.2, -0.15) is 4.98 Å². The Morgan fingerprint density at radius 2 is 1.71 bits per heavy atom. The number of nitrogens with one attached hydrogen (secondary N) is 2. The summed E-state index contributed by atoms with van der Waals surface area (Å²) >= 11 is 5.18. The van der Waals surface area contributed by atoms with Crippen molar-refractivity contribution in [3.63, 3.8) is 0 Å². The summed E-state index contributed by atoms with van der Waals surface area (Å²) in [5.41, 5.74) is 14.4. The quantitative estimate of drug-likeness (QED) is 0.407. The average Bonchev–Trinajstić information content (AvgIpc) is 2.90. The molecule has 1 aliphatic heterocycles. The predicted molar refractivity (Wildman–Crippen MR) is 124 cm³/mol. The SMILES string of the molecule is Cc1c(NNc2c(N)nnc(=S)nc2N2CCCCC2)c(=O)n(-c2ccccc2)n1C. The Hall–Kier alpha value is -3.47. The van der Waals surface area contributed by atoms with E-state index in [1.807, 2.05) is 44.3 Å². The lowest BCUT2D eigenvalue weighted by Crippen LogP contribution is -2.31. The number of anilines is 4. The monoisotopic (exact) mass is 439 g/mol. The Morgan fingerprint density at radius 1 is 1.03 bits per heavy atom. The smallest absolute Gasteiger partial charge is 0.296 e. The van der Waals surface area contributed by atoms with Crippen LogP contribution >= 0.6 is 12.2 Å². The molecule has 3 heterocycles. The van der Waals surface area contributed by atoms with E-state index >= 15 is 0 Å². The van der Waals surface area contributed by atoms with Gasteiger partial charge < -0.3 is 10.6 Å². The Bertz CT molecular complexity index is 1200. The molecule has 10 nitrogen and oxygen atoms in total. The van der Waals surface area contributed by atoms with Crippen molar-refractivity contribution in [2.45, 2.75) is 26.2 Å². The van der Waals surface area contributed by atoms with Crippen LogP contribution in [0.15, 0.2) is 35.1 Å². The molecule has 0 amide bonds. The van der Waals surface area contributed by atoms with Crippen LogP contribution in [0.25, 0.3) is 5.69 Å². The first-order chi connectivity index (χ1) is 15.0. The van der Waals surface area contributed by atoms with Gasteiger partial charge in [-0.1, -0.05) is 18.2 Å². The van der Waals surface area contributed by atoms with Crippen molar-refractivity contribution in [2.24, 2.45) is 7.05 Å². The van der Waals surface area contributed by atoms with Crippen LogP contribution in [0.4, 0.5) is 23.0 Å². The van der Waals surface area contributed by atoms with Crippen molar-refractivity contribution in [1.82, 2.24) is 24.5 Å². The van der Waals surface area contributed by atoms with Gasteiger partial charge in [-0.15, -0.1) is 10.2 Å². The summed E-state index contributed by atoms with van der Waals surface area (Å²) in [6.45, 7) is 3.54. The maximum absolute atomic E-state index is 13.2. The second-order valence-corrected chi connectivity index (χ2v) is 7.78. The number of piperidine rings is 1. The normalized spacial score (nSPS) is 13.8. The summed E-state index contributed by atoms with van der Waals surface area (Å²) in [5.74, 6) is 0.727. The molecule has 31 heavy (non-hydrogen) atoms. The number of nitrogens with two attached hydrogens (primary N) is 1. The third kappa shape index (κ3) is 4.08. The standard InChI is InChI=1S/C20H25N9OS/c1-13-15(19(30)29(27(13)2)14-9-5-3-6-10-14)23-24-16-17(21)25-26-20(31)22-18(16)28-11-7-4-8-12-28/h3,5-6,9-10,23-24H,4,7-8,11-12,21H2,1-2H3. The van der Waals surface area contributed by atoms with E-state index in [0.29, 0.717) is 17.2 Å². The highest BCUT2D eigenvalue weighted by Crippen LogP contribution is 2.29. The third-order valence-corrected chi connectivity index (χ3v) is 5.62. The van der Waals surface area contributed by atoms with Crippen molar-refractivity contribution < 1.29 is 0 Å². The highest BCUT2D eigenvalue weighted by molar-refractivity contribution is 7.71. The molecule has 0 radical (unpaired) electrons. The minimum atomic E-state index is -0.194. The predicted octanol–water partition coefficient (Wildman–Crippen LogP) is 2.41. The Morgan fingerprint density at radius 3 is 2.42 bits per heavy atom. The molecule has 0 saturated carbocycles. The second kappa shape index (κ2) is 8.72. The van der Waals surface area contributed by atoms with Gasteiger partial charge >= 0.3 is 0 Å². The van der Waals surface area contributed by atoms with Gasteiger partial charge in [0.25, 0.3) is 5.56 Å². The maximum atomic E-state index is 13.2. The molecule has 3 aromatic rings. The molecule has 1 aliphatic rings. The fraction of sp³-hybridized carbons (Fsp3) is 0.350. The zero-order chi connectivity index (χ0) is 22.0. The molecule has 2 aromatic heterocycles. The van der Waals surface area contributed by atoms with Gasteiger partial charge in [-0.3, -0.25) is 20.3 Å². The molecule has 4 N–H and O–H groups in total. The maximum Gasteiger partial charge on any atom is 0.296 e. The number of nitrogen functional groups attached to an aromatic ring is 1. The molecule has 1 fully saturated rings. The van der Waals surface area contributed by atoms with Crippen LogP contribution in [0.1, 0.15) is 25.0 Å². The number of nitrogens with zero attached hydrogens (tertiary/aromatic N) is 6. The summed E-state index contributed by atoms with van der Waals surface area (Å²) in [6.07, 6.45) is 3.28. The number of para-hydroxylation sites is 1. The van der Waals surface area contributed by atoms with Crippen LogP contribution in [-0.4, -0.2) is 37.6 Å². The van der Waals surface area contributed by atoms with Gasteiger partial charge in [0.05, 0.1) is 11.4 Å². The largest absolute Gasteiger partial charge is 0.380 e. The number of rotatable bonds is 5. The van der Waals surface area contributed by atoms with Crippen LogP contribution < -0.4 is 27.0 Å². The zero-order valence-corrected chi connectivity index (χ0v) is 18.3. The molecule has 0 atom stereocenters. The fourth-order valence-corrected chi connectivity index (χ4v) is 3.85. The topological polar surface area (TPSA) is 119 Å². The Labute approximate surface area is 184 Å². The number of benzene rings is 1. The van der Waals surface area contributed by atoms with E-state index in [2.05, 4.69) is 30.9 Å². The third-order valence-electron chi connectivity index (χ3n) is 5.45. The van der Waals surface area contributed by atoms with Crippen LogP contribution in [0.2, 0.25) is 0 Å². The number of hydrazine groups is 1. The van der Waals surface area contributed by atoms with Gasteiger partial charge in [0.15, 0.2) is 11.6 Å². The molecule has 11 heteroatoms. The van der Waals surface area contributed by atoms with Crippen molar-refractivity contribution in [2.75, 3.05) is 34.6 Å². The van der Waals surface area contributed by atoms with Crippen LogP contribution in [0.5, 0.6) is 0 Å². The van der Waals surface area contributed by atoms with E-state index in [0.717, 1.165) is 37.3 Å². The zero-order valence-electron chi connectivity index (χ0n) is 17.5. The van der Waals surface area contributed by atoms with Crippen LogP contribution in [0.3, 0.4) is 0 Å². The van der Waals surface area contributed by atoms with Gasteiger partial charge in [-0.25, -0.2) is 4.68 Å². The fourth-order valence-electron chi connectivity index (χ4n) is 3.72. The van der Waals surface area contributed by atoms with Crippen molar-refractivity contribution in [3.8, 4) is 5.69 Å². The molecule has 0 bridgehead atoms. The van der Waals surface area contributed by atoms with E-state index in [4.69, 9.17) is 18.0 Å². The van der Waals surface area contributed by atoms with Gasteiger partial charge in [0.2, 0.25) is 4.77 Å². The molecule has 162 valence electrons. The van der Waals surface area contributed by atoms with Crippen molar-refractivity contribution >= 4 is 35.2 Å². The molecule has 1 aromatic carbocycles. The van der Waals surface area contributed by atoms with E-state index in [9.17, 15) is 4.79 Å². The first kappa shape index (κ1) is 20.8.